The van der Waals surface area contributed by atoms with Crippen molar-refractivity contribution in [2.75, 3.05) is 5.75 Å². The fraction of sp³-hybridized carbons (Fsp3) is 0.526. The van der Waals surface area contributed by atoms with E-state index in [0.717, 1.165) is 16.7 Å². The molecule has 1 N–H and O–H groups in total. The number of phenolic OH excluding ortho intramolecular Hbond substituents is 1. The first kappa shape index (κ1) is 18.8. The van der Waals surface area contributed by atoms with Crippen molar-refractivity contribution in [3.63, 3.8) is 0 Å². The van der Waals surface area contributed by atoms with Crippen molar-refractivity contribution >= 4 is 23.0 Å². The lowest BCUT2D eigenvalue weighted by atomic mass is 9.78. The number of carbonyl (C=O) groups is 1. The van der Waals surface area contributed by atoms with Gasteiger partial charge in [0.25, 0.3) is 0 Å². The summed E-state index contributed by atoms with van der Waals surface area (Å²) in [5.41, 5.74) is 2.74. The number of aromatic hydroxyl groups is 1. The molecule has 0 aliphatic carbocycles. The number of thioether (sulfide) groups is 1. The quantitative estimate of drug-likeness (QED) is 0.823. The molecule has 3 heteroatoms. The molecule has 22 heavy (non-hydrogen) atoms. The first-order chi connectivity index (χ1) is 9.93. The van der Waals surface area contributed by atoms with E-state index in [1.54, 1.807) is 6.92 Å². The van der Waals surface area contributed by atoms with Crippen LogP contribution in [0.5, 0.6) is 5.75 Å². The Hall–Kier alpha value is -1.22. The molecule has 2 nitrogen and oxygen atoms in total. The SMILES string of the molecule is CC(=O)SCC=Cc1cc(C(C)(C)C)c(O)c(C(C)(C)C)c1. The molecule has 0 fully saturated rings. The minimum Gasteiger partial charge on any atom is -0.507 e. The molecule has 0 atom stereocenters. The smallest absolute Gasteiger partial charge is 0.186 e. The Balaban J connectivity index is 3.27. The first-order valence-corrected chi connectivity index (χ1v) is 8.59. The van der Waals surface area contributed by atoms with Crippen molar-refractivity contribution in [1.29, 1.82) is 0 Å². The van der Waals surface area contributed by atoms with Gasteiger partial charge < -0.3 is 5.11 Å². The van der Waals surface area contributed by atoms with Crippen LogP contribution in [0.25, 0.3) is 6.08 Å². The van der Waals surface area contributed by atoms with Crippen LogP contribution >= 0.6 is 11.8 Å². The van der Waals surface area contributed by atoms with Crippen molar-refractivity contribution in [2.45, 2.75) is 59.3 Å². The second-order valence-corrected chi connectivity index (χ2v) is 8.87. The third kappa shape index (κ3) is 5.20. The van der Waals surface area contributed by atoms with Crippen LogP contribution in [0.2, 0.25) is 0 Å². The predicted octanol–water partition coefficient (Wildman–Crippen LogP) is 5.28. The van der Waals surface area contributed by atoms with Crippen LogP contribution in [0, 0.1) is 0 Å². The molecule has 0 bridgehead atoms. The summed E-state index contributed by atoms with van der Waals surface area (Å²) < 4.78 is 0. The summed E-state index contributed by atoms with van der Waals surface area (Å²) in [7, 11) is 0. The maximum Gasteiger partial charge on any atom is 0.186 e. The van der Waals surface area contributed by atoms with Crippen LogP contribution < -0.4 is 0 Å². The Kier molecular flexibility index (Phi) is 5.91. The lowest BCUT2D eigenvalue weighted by molar-refractivity contribution is -0.109. The van der Waals surface area contributed by atoms with Crippen LogP contribution in [0.3, 0.4) is 0 Å². The Morgan fingerprint density at radius 2 is 1.55 bits per heavy atom. The summed E-state index contributed by atoms with van der Waals surface area (Å²) in [4.78, 5) is 11.0. The number of benzene rings is 1. The van der Waals surface area contributed by atoms with Gasteiger partial charge in [0.2, 0.25) is 0 Å². The van der Waals surface area contributed by atoms with Gasteiger partial charge in [-0.05, 0) is 28.5 Å². The third-order valence-corrected chi connectivity index (χ3v) is 4.21. The maximum atomic E-state index is 11.0. The average molecular weight is 320 g/mol. The second-order valence-electron chi connectivity index (χ2n) is 7.67. The zero-order valence-corrected chi connectivity index (χ0v) is 15.6. The van der Waals surface area contributed by atoms with E-state index in [0.29, 0.717) is 11.5 Å². The van der Waals surface area contributed by atoms with Gasteiger partial charge in [-0.3, -0.25) is 4.79 Å². The summed E-state index contributed by atoms with van der Waals surface area (Å²) in [5, 5.41) is 10.8. The fourth-order valence-corrected chi connectivity index (χ4v) is 2.67. The highest BCUT2D eigenvalue weighted by Crippen LogP contribution is 2.39. The summed E-state index contributed by atoms with van der Waals surface area (Å²) in [6, 6.07) is 4.08. The Labute approximate surface area is 139 Å². The second kappa shape index (κ2) is 6.91. The van der Waals surface area contributed by atoms with E-state index >= 15 is 0 Å². The highest BCUT2D eigenvalue weighted by molar-refractivity contribution is 8.13. The van der Waals surface area contributed by atoms with Crippen LogP contribution in [-0.2, 0) is 15.6 Å². The standard InChI is InChI=1S/C19H28O2S/c1-13(20)22-10-8-9-14-11-15(18(2,3)4)17(21)16(12-14)19(5,6)7/h8-9,11-12,21H,10H2,1-7H3. The molecule has 0 saturated heterocycles. The largest absolute Gasteiger partial charge is 0.507 e. The van der Waals surface area contributed by atoms with E-state index in [1.165, 1.54) is 11.8 Å². The Bertz CT molecular complexity index is 537. The monoisotopic (exact) mass is 320 g/mol. The number of carbonyl (C=O) groups excluding carboxylic acids is 1. The van der Waals surface area contributed by atoms with Gasteiger partial charge in [-0.2, -0.15) is 0 Å². The lowest BCUT2D eigenvalue weighted by Crippen LogP contribution is -2.17. The van der Waals surface area contributed by atoms with Crippen LogP contribution in [0.15, 0.2) is 18.2 Å². The number of hydrogen-bond acceptors (Lipinski definition) is 3. The van der Waals surface area contributed by atoms with Gasteiger partial charge in [0.05, 0.1) is 0 Å². The normalized spacial score (nSPS) is 12.9. The van der Waals surface area contributed by atoms with Gasteiger partial charge in [-0.15, -0.1) is 0 Å². The highest BCUT2D eigenvalue weighted by atomic mass is 32.2. The molecule has 0 spiro atoms. The van der Waals surface area contributed by atoms with Gasteiger partial charge in [0.15, 0.2) is 5.12 Å². The van der Waals surface area contributed by atoms with Crippen LogP contribution in [-0.4, -0.2) is 16.0 Å². The molecule has 122 valence electrons. The predicted molar refractivity (Wildman–Crippen MR) is 97.7 cm³/mol. The molecule has 1 rings (SSSR count). The van der Waals surface area contributed by atoms with Crippen molar-refractivity contribution in [2.24, 2.45) is 0 Å². The zero-order valence-electron chi connectivity index (χ0n) is 14.8. The molecule has 0 aliphatic rings. The maximum absolute atomic E-state index is 11.0. The molecular weight excluding hydrogens is 292 g/mol. The molecule has 1 aromatic carbocycles. The van der Waals surface area contributed by atoms with Gasteiger partial charge in [-0.25, -0.2) is 0 Å². The molecule has 0 amide bonds. The molecule has 0 radical (unpaired) electrons. The summed E-state index contributed by atoms with van der Waals surface area (Å²) >= 11 is 1.30. The molecular formula is C19H28O2S. The van der Waals surface area contributed by atoms with Gasteiger partial charge in [0.1, 0.15) is 5.75 Å². The fourth-order valence-electron chi connectivity index (χ4n) is 2.25. The van der Waals surface area contributed by atoms with E-state index in [4.69, 9.17) is 0 Å². The molecule has 0 saturated carbocycles. The van der Waals surface area contributed by atoms with Gasteiger partial charge in [-0.1, -0.05) is 65.5 Å². The van der Waals surface area contributed by atoms with Gasteiger partial charge >= 0.3 is 0 Å². The van der Waals surface area contributed by atoms with E-state index in [9.17, 15) is 9.90 Å². The molecule has 0 aliphatic heterocycles. The van der Waals surface area contributed by atoms with Crippen LogP contribution in [0.1, 0.15) is 65.2 Å². The minimum atomic E-state index is -0.123. The number of rotatable bonds is 3. The first-order valence-electron chi connectivity index (χ1n) is 7.61. The molecule has 0 heterocycles. The number of phenols is 1. The van der Waals surface area contributed by atoms with Crippen molar-refractivity contribution in [3.05, 3.63) is 34.9 Å². The number of hydrogen-bond donors (Lipinski definition) is 1. The third-order valence-electron chi connectivity index (χ3n) is 3.44. The summed E-state index contributed by atoms with van der Waals surface area (Å²) in [6.45, 7) is 14.2. The molecule has 0 unspecified atom stereocenters. The minimum absolute atomic E-state index is 0.123. The van der Waals surface area contributed by atoms with Crippen molar-refractivity contribution in [3.8, 4) is 5.75 Å². The van der Waals surface area contributed by atoms with E-state index < -0.39 is 0 Å². The zero-order chi connectivity index (χ0) is 17.1. The summed E-state index contributed by atoms with van der Waals surface area (Å²) in [6.07, 6.45) is 4.02. The Morgan fingerprint density at radius 1 is 1.09 bits per heavy atom. The Morgan fingerprint density at radius 3 is 1.91 bits per heavy atom. The lowest BCUT2D eigenvalue weighted by Gasteiger charge is -2.27. The topological polar surface area (TPSA) is 37.3 Å². The molecule has 1 aromatic rings. The molecule has 0 aromatic heterocycles. The van der Waals surface area contributed by atoms with Crippen LogP contribution in [0.4, 0.5) is 0 Å². The average Bonchev–Trinajstić information content (AvgIpc) is 2.33. The van der Waals surface area contributed by atoms with Crippen molar-refractivity contribution in [1.82, 2.24) is 0 Å². The van der Waals surface area contributed by atoms with Gasteiger partial charge in [0, 0.05) is 23.8 Å². The van der Waals surface area contributed by atoms with E-state index in [-0.39, 0.29) is 15.9 Å². The summed E-state index contributed by atoms with van der Waals surface area (Å²) in [5.74, 6) is 1.07. The van der Waals surface area contributed by atoms with E-state index in [1.807, 2.05) is 24.3 Å². The highest BCUT2D eigenvalue weighted by Gasteiger charge is 2.26. The van der Waals surface area contributed by atoms with Crippen molar-refractivity contribution < 1.29 is 9.90 Å². The van der Waals surface area contributed by atoms with E-state index in [2.05, 4.69) is 41.5 Å².